The fourth-order valence-electron chi connectivity index (χ4n) is 2.16. The summed E-state index contributed by atoms with van der Waals surface area (Å²) in [5, 5.41) is 20.6. The van der Waals surface area contributed by atoms with Crippen LogP contribution >= 0.6 is 11.3 Å². The molecular formula is C14H9FNO3S. The zero-order valence-electron chi connectivity index (χ0n) is 10.4. The molecule has 6 heteroatoms. The minimum Gasteiger partial charge on any atom is -0.505 e. The lowest BCUT2D eigenvalue weighted by Gasteiger charge is -2.15. The van der Waals surface area contributed by atoms with Gasteiger partial charge in [0.05, 0.1) is 11.3 Å². The highest BCUT2D eigenvalue weighted by atomic mass is 32.1. The molecule has 1 aliphatic carbocycles. The number of aromatic hydroxyl groups is 1. The largest absolute Gasteiger partial charge is 0.505 e. The molecule has 0 aromatic carbocycles. The van der Waals surface area contributed by atoms with Crippen LogP contribution in [0.15, 0.2) is 44.9 Å². The molecule has 0 bridgehead atoms. The van der Waals surface area contributed by atoms with E-state index >= 15 is 0 Å². The lowest BCUT2D eigenvalue weighted by Crippen LogP contribution is -2.17. The fourth-order valence-corrected chi connectivity index (χ4v) is 2.77. The zero-order chi connectivity index (χ0) is 14.4. The molecule has 0 saturated heterocycles. The van der Waals surface area contributed by atoms with Crippen LogP contribution in [0.2, 0.25) is 0 Å². The van der Waals surface area contributed by atoms with E-state index in [0.29, 0.717) is 11.4 Å². The van der Waals surface area contributed by atoms with Gasteiger partial charge in [-0.3, -0.25) is 9.79 Å². The van der Waals surface area contributed by atoms with Crippen LogP contribution in [0.5, 0.6) is 5.06 Å². The van der Waals surface area contributed by atoms with E-state index < -0.39 is 17.4 Å². The van der Waals surface area contributed by atoms with Gasteiger partial charge in [-0.25, -0.2) is 4.39 Å². The number of nitrogens with zero attached hydrogens (tertiary/aromatic N) is 1. The van der Waals surface area contributed by atoms with E-state index in [1.54, 1.807) is 6.92 Å². The standard InChI is InChI=1S/C14H9FNO3S/c1-6-2-8-10(16-6)4-9(14(19)12(8)15)13(18)7-3-11(17)20-5-7/h3,5,17,19H,4H2,1H3. The van der Waals surface area contributed by atoms with Crippen LogP contribution in [0.3, 0.4) is 0 Å². The van der Waals surface area contributed by atoms with Crippen molar-refractivity contribution in [1.82, 2.24) is 0 Å². The van der Waals surface area contributed by atoms with E-state index in [0.717, 1.165) is 11.3 Å². The highest BCUT2D eigenvalue weighted by Crippen LogP contribution is 2.35. The van der Waals surface area contributed by atoms with Crippen molar-refractivity contribution in [3.05, 3.63) is 51.5 Å². The predicted molar refractivity (Wildman–Crippen MR) is 72.6 cm³/mol. The van der Waals surface area contributed by atoms with E-state index in [1.165, 1.54) is 11.4 Å². The molecule has 1 aromatic heterocycles. The zero-order valence-corrected chi connectivity index (χ0v) is 11.2. The first-order valence-electron chi connectivity index (χ1n) is 5.80. The number of aliphatic imine (C=N–C) groups is 1. The molecule has 1 radical (unpaired) electrons. The molecule has 101 valence electrons. The number of carbonyl (C=O) groups excluding carboxylic acids is 1. The second-order valence-corrected chi connectivity index (χ2v) is 5.35. The van der Waals surface area contributed by atoms with Crippen molar-refractivity contribution in [3.63, 3.8) is 0 Å². The number of ketones is 1. The minimum atomic E-state index is -0.880. The van der Waals surface area contributed by atoms with Gasteiger partial charge in [-0.2, -0.15) is 0 Å². The predicted octanol–water partition coefficient (Wildman–Crippen LogP) is 3.24. The second-order valence-electron chi connectivity index (χ2n) is 4.46. The van der Waals surface area contributed by atoms with Crippen LogP contribution in [-0.4, -0.2) is 21.7 Å². The normalized spacial score (nSPS) is 18.1. The molecule has 2 N–H and O–H groups in total. The number of aliphatic hydroxyl groups excluding tert-OH is 1. The van der Waals surface area contributed by atoms with Gasteiger partial charge in [0, 0.05) is 40.8 Å². The molecule has 3 rings (SSSR count). The summed E-state index contributed by atoms with van der Waals surface area (Å²) < 4.78 is 14.1. The summed E-state index contributed by atoms with van der Waals surface area (Å²) in [7, 11) is 0. The molecule has 2 aliphatic rings. The number of fused-ring (bicyclic) bond motifs is 1. The molecule has 4 nitrogen and oxygen atoms in total. The van der Waals surface area contributed by atoms with Crippen LogP contribution in [0.1, 0.15) is 23.7 Å². The first kappa shape index (κ1) is 12.8. The average Bonchev–Trinajstić information content (AvgIpc) is 2.99. The van der Waals surface area contributed by atoms with Crippen LogP contribution < -0.4 is 0 Å². The lowest BCUT2D eigenvalue weighted by molar-refractivity contribution is 0.102. The molecule has 1 aromatic rings. The van der Waals surface area contributed by atoms with Crippen molar-refractivity contribution in [2.75, 3.05) is 0 Å². The Bertz CT molecular complexity index is 752. The Morgan fingerprint density at radius 1 is 1.50 bits per heavy atom. The van der Waals surface area contributed by atoms with Crippen LogP contribution in [0.4, 0.5) is 4.39 Å². The smallest absolute Gasteiger partial charge is 0.194 e. The van der Waals surface area contributed by atoms with Crippen LogP contribution in [0.25, 0.3) is 0 Å². The Labute approximate surface area is 117 Å². The van der Waals surface area contributed by atoms with Gasteiger partial charge >= 0.3 is 0 Å². The topological polar surface area (TPSA) is 69.9 Å². The Hall–Kier alpha value is -2.21. The first-order chi connectivity index (χ1) is 9.47. The Morgan fingerprint density at radius 3 is 2.90 bits per heavy atom. The summed E-state index contributed by atoms with van der Waals surface area (Å²) in [5.41, 5.74) is 1.18. The van der Waals surface area contributed by atoms with E-state index in [1.807, 2.05) is 0 Å². The van der Waals surface area contributed by atoms with Crippen molar-refractivity contribution in [2.24, 2.45) is 4.99 Å². The molecule has 0 atom stereocenters. The lowest BCUT2D eigenvalue weighted by atomic mass is 9.90. The van der Waals surface area contributed by atoms with Crippen molar-refractivity contribution < 1.29 is 19.4 Å². The third-order valence-electron chi connectivity index (χ3n) is 3.08. The highest BCUT2D eigenvalue weighted by Gasteiger charge is 2.32. The molecular weight excluding hydrogens is 281 g/mol. The molecule has 0 unspecified atom stereocenters. The Morgan fingerprint density at radius 2 is 2.25 bits per heavy atom. The van der Waals surface area contributed by atoms with Gasteiger partial charge in [-0.05, 0) is 6.92 Å². The van der Waals surface area contributed by atoms with Gasteiger partial charge in [0.2, 0.25) is 0 Å². The summed E-state index contributed by atoms with van der Waals surface area (Å²) in [6.45, 7) is 1.67. The number of aliphatic hydroxyl groups is 1. The molecule has 20 heavy (non-hydrogen) atoms. The first-order valence-corrected chi connectivity index (χ1v) is 6.68. The van der Waals surface area contributed by atoms with E-state index in [-0.39, 0.29) is 28.2 Å². The Balaban J connectivity index is 2.04. The number of Topliss-reactive ketones (excluding diaryl/α,β-unsaturated/α-hetero) is 1. The van der Waals surface area contributed by atoms with Crippen LogP contribution in [-0.2, 0) is 0 Å². The summed E-state index contributed by atoms with van der Waals surface area (Å²) >= 11 is 0.997. The third kappa shape index (κ3) is 1.89. The summed E-state index contributed by atoms with van der Waals surface area (Å²) in [6.07, 6.45) is 2.76. The maximum Gasteiger partial charge on any atom is 0.194 e. The third-order valence-corrected chi connectivity index (χ3v) is 3.81. The van der Waals surface area contributed by atoms with Crippen molar-refractivity contribution in [2.45, 2.75) is 13.3 Å². The molecule has 0 spiro atoms. The van der Waals surface area contributed by atoms with Gasteiger partial charge in [-0.1, -0.05) is 0 Å². The molecule has 1 aliphatic heterocycles. The van der Waals surface area contributed by atoms with Crippen LogP contribution in [0, 0.1) is 6.08 Å². The number of hydrogen-bond donors (Lipinski definition) is 2. The van der Waals surface area contributed by atoms with Gasteiger partial charge in [0.25, 0.3) is 0 Å². The van der Waals surface area contributed by atoms with E-state index in [9.17, 15) is 19.4 Å². The molecule has 0 fully saturated rings. The van der Waals surface area contributed by atoms with Crippen molar-refractivity contribution in [1.29, 1.82) is 0 Å². The number of hydrogen-bond acceptors (Lipinski definition) is 5. The molecule has 2 heterocycles. The maximum atomic E-state index is 14.1. The average molecular weight is 290 g/mol. The second kappa shape index (κ2) is 4.42. The fraction of sp³-hybridized carbons (Fsp3) is 0.143. The van der Waals surface area contributed by atoms with Crippen molar-refractivity contribution in [3.8, 4) is 5.06 Å². The Kier molecular flexibility index (Phi) is 2.83. The SMILES string of the molecule is CC1=[C]C2=C(F)C(O)=C(C(=O)c3csc(O)c3)CC2=N1. The maximum absolute atomic E-state index is 14.1. The number of allylic oxidation sites excluding steroid dienone is 5. The minimum absolute atomic E-state index is 0.00926. The summed E-state index contributed by atoms with van der Waals surface area (Å²) in [6, 6.07) is 1.29. The number of halogens is 1. The highest BCUT2D eigenvalue weighted by molar-refractivity contribution is 7.12. The van der Waals surface area contributed by atoms with E-state index in [4.69, 9.17) is 0 Å². The van der Waals surface area contributed by atoms with Gasteiger partial charge < -0.3 is 10.2 Å². The van der Waals surface area contributed by atoms with Gasteiger partial charge in [0.1, 0.15) is 0 Å². The molecule has 0 saturated carbocycles. The molecule has 0 amide bonds. The number of rotatable bonds is 2. The quantitative estimate of drug-likeness (QED) is 0.821. The van der Waals surface area contributed by atoms with Gasteiger partial charge in [-0.15, -0.1) is 11.3 Å². The number of thiophene rings is 1. The monoisotopic (exact) mass is 290 g/mol. The number of carbonyl (C=O) groups is 1. The summed E-state index contributed by atoms with van der Waals surface area (Å²) in [4.78, 5) is 16.4. The van der Waals surface area contributed by atoms with Gasteiger partial charge in [0.15, 0.2) is 22.4 Å². The van der Waals surface area contributed by atoms with Crippen molar-refractivity contribution >= 4 is 22.8 Å². The summed E-state index contributed by atoms with van der Waals surface area (Å²) in [5.74, 6) is -2.06. The van der Waals surface area contributed by atoms with E-state index in [2.05, 4.69) is 11.1 Å².